The van der Waals surface area contributed by atoms with Crippen molar-refractivity contribution in [3.05, 3.63) is 45.7 Å². The Bertz CT molecular complexity index is 1430. The first kappa shape index (κ1) is 25.1. The number of hydrogen-bond acceptors (Lipinski definition) is 9. The predicted octanol–water partition coefficient (Wildman–Crippen LogP) is 4.80. The van der Waals surface area contributed by atoms with Crippen LogP contribution in [0.2, 0.25) is 5.02 Å². The van der Waals surface area contributed by atoms with Crippen molar-refractivity contribution in [2.45, 2.75) is 19.9 Å². The number of benzene rings is 1. The quantitative estimate of drug-likeness (QED) is 0.251. The molecule has 1 fully saturated rings. The van der Waals surface area contributed by atoms with Crippen molar-refractivity contribution in [2.24, 2.45) is 5.73 Å². The monoisotopic (exact) mass is 540 g/mol. The summed E-state index contributed by atoms with van der Waals surface area (Å²) in [4.78, 5) is 29.4. The zero-order chi connectivity index (χ0) is 26.1. The Labute approximate surface area is 223 Å². The number of methoxy groups -OCH3 is 1. The van der Waals surface area contributed by atoms with Gasteiger partial charge in [0.05, 0.1) is 34.6 Å². The zero-order valence-electron chi connectivity index (χ0n) is 20.8. The number of nitrogens with one attached hydrogen (secondary N) is 3. The third kappa shape index (κ3) is 5.15. The van der Waals surface area contributed by atoms with E-state index < -0.39 is 5.91 Å². The van der Waals surface area contributed by atoms with Gasteiger partial charge in [0.25, 0.3) is 5.91 Å². The highest BCUT2D eigenvalue weighted by molar-refractivity contribution is 7.12. The maximum Gasteiger partial charge on any atom is 0.260 e. The largest absolute Gasteiger partial charge is 0.494 e. The molecule has 0 radical (unpaired) electrons. The summed E-state index contributed by atoms with van der Waals surface area (Å²) >= 11 is 8.03. The molecular weight excluding hydrogens is 512 g/mol. The molecule has 12 heteroatoms. The number of nitrogens with two attached hydrogens (primary N) is 1. The van der Waals surface area contributed by atoms with Gasteiger partial charge < -0.3 is 31.0 Å². The van der Waals surface area contributed by atoms with E-state index in [1.165, 1.54) is 11.3 Å². The number of ether oxygens (including phenoxy) is 1. The van der Waals surface area contributed by atoms with E-state index in [1.54, 1.807) is 24.8 Å². The van der Waals surface area contributed by atoms with E-state index in [4.69, 9.17) is 22.1 Å². The van der Waals surface area contributed by atoms with Crippen LogP contribution in [0.5, 0.6) is 5.75 Å². The minimum atomic E-state index is -0.500. The number of H-pyrrole nitrogens is 1. The first-order chi connectivity index (χ1) is 17.8. The van der Waals surface area contributed by atoms with Gasteiger partial charge in [0.2, 0.25) is 5.95 Å². The smallest absolute Gasteiger partial charge is 0.260 e. The molecule has 1 aromatic carbocycles. The lowest BCUT2D eigenvalue weighted by Crippen LogP contribution is -2.49. The van der Waals surface area contributed by atoms with Gasteiger partial charge >= 0.3 is 0 Å². The van der Waals surface area contributed by atoms with Crippen LogP contribution in [0.25, 0.3) is 11.0 Å². The number of thiophene rings is 1. The van der Waals surface area contributed by atoms with Crippen LogP contribution >= 0.6 is 22.9 Å². The summed E-state index contributed by atoms with van der Waals surface area (Å²) in [6.45, 7) is 8.19. The highest BCUT2D eigenvalue weighted by atomic mass is 35.5. The highest BCUT2D eigenvalue weighted by Gasteiger charge is 2.22. The van der Waals surface area contributed by atoms with Crippen molar-refractivity contribution in [2.75, 3.05) is 48.8 Å². The molecule has 5 rings (SSSR count). The lowest BCUT2D eigenvalue weighted by atomic mass is 10.2. The van der Waals surface area contributed by atoms with Crippen LogP contribution in [0, 0.1) is 0 Å². The van der Waals surface area contributed by atoms with E-state index in [0.29, 0.717) is 50.5 Å². The van der Waals surface area contributed by atoms with Crippen molar-refractivity contribution in [1.82, 2.24) is 19.9 Å². The Kier molecular flexibility index (Phi) is 7.09. The SMILES string of the molecule is COc1cc(N2CCN(C(C)C)CC2)c(Cl)cc1Nc1nc(Nc2ccsc2C(N)=O)c2cc[nH]c2n1. The Hall–Kier alpha value is -3.54. The number of fused-ring (bicyclic) bond motifs is 1. The van der Waals surface area contributed by atoms with Crippen LogP contribution in [0.1, 0.15) is 23.5 Å². The van der Waals surface area contributed by atoms with Gasteiger partial charge in [-0.05, 0) is 37.4 Å². The second kappa shape index (κ2) is 10.4. The molecule has 0 saturated carbocycles. The fourth-order valence-electron chi connectivity index (χ4n) is 4.47. The number of primary amides is 1. The van der Waals surface area contributed by atoms with E-state index in [9.17, 15) is 4.79 Å². The zero-order valence-corrected chi connectivity index (χ0v) is 22.4. The molecule has 194 valence electrons. The lowest BCUT2D eigenvalue weighted by Gasteiger charge is -2.38. The number of amides is 1. The first-order valence-corrected chi connectivity index (χ1v) is 13.2. The highest BCUT2D eigenvalue weighted by Crippen LogP contribution is 2.38. The summed E-state index contributed by atoms with van der Waals surface area (Å²) < 4.78 is 5.71. The number of carbonyl (C=O) groups is 1. The Morgan fingerprint density at radius 1 is 1.16 bits per heavy atom. The maximum atomic E-state index is 11.8. The second-order valence-electron chi connectivity index (χ2n) is 9.03. The average molecular weight is 541 g/mol. The molecule has 10 nitrogen and oxygen atoms in total. The molecule has 5 N–H and O–H groups in total. The molecule has 37 heavy (non-hydrogen) atoms. The van der Waals surface area contributed by atoms with E-state index >= 15 is 0 Å². The third-order valence-electron chi connectivity index (χ3n) is 6.46. The van der Waals surface area contributed by atoms with Crippen molar-refractivity contribution < 1.29 is 9.53 Å². The summed E-state index contributed by atoms with van der Waals surface area (Å²) in [6, 6.07) is 7.97. The Balaban J connectivity index is 1.43. The van der Waals surface area contributed by atoms with Crippen molar-refractivity contribution in [1.29, 1.82) is 0 Å². The van der Waals surface area contributed by atoms with Crippen LogP contribution in [-0.4, -0.2) is 65.1 Å². The fourth-order valence-corrected chi connectivity index (χ4v) is 5.46. The summed E-state index contributed by atoms with van der Waals surface area (Å²) in [6.07, 6.45) is 1.78. The summed E-state index contributed by atoms with van der Waals surface area (Å²) in [5, 5.41) is 9.66. The van der Waals surface area contributed by atoms with Gasteiger partial charge in [-0.15, -0.1) is 11.3 Å². The molecule has 0 unspecified atom stereocenters. The predicted molar refractivity (Wildman–Crippen MR) is 150 cm³/mol. The maximum absolute atomic E-state index is 11.8. The molecule has 0 atom stereocenters. The van der Waals surface area contributed by atoms with E-state index in [1.807, 2.05) is 18.2 Å². The van der Waals surface area contributed by atoms with Gasteiger partial charge in [0.1, 0.15) is 22.1 Å². The van der Waals surface area contributed by atoms with Crippen molar-refractivity contribution >= 4 is 68.7 Å². The van der Waals surface area contributed by atoms with Crippen LogP contribution in [0.15, 0.2) is 35.8 Å². The fraction of sp³-hybridized carbons (Fsp3) is 0.320. The number of piperazine rings is 1. The number of aromatic amines is 1. The van der Waals surface area contributed by atoms with Gasteiger partial charge in [-0.2, -0.15) is 9.97 Å². The van der Waals surface area contributed by atoms with Crippen LogP contribution < -0.4 is 26.0 Å². The number of carbonyl (C=O) groups excluding carboxylic acids is 1. The number of halogens is 1. The second-order valence-corrected chi connectivity index (χ2v) is 10.4. The number of hydrogen-bond donors (Lipinski definition) is 4. The molecule has 1 amide bonds. The van der Waals surface area contributed by atoms with E-state index in [0.717, 1.165) is 37.3 Å². The number of anilines is 5. The lowest BCUT2D eigenvalue weighted by molar-refractivity contribution is 0.100. The molecular formula is C25H29ClN8O2S. The molecule has 3 aromatic heterocycles. The minimum absolute atomic E-state index is 0.334. The Morgan fingerprint density at radius 3 is 2.65 bits per heavy atom. The number of aromatic nitrogens is 3. The topological polar surface area (TPSA) is 124 Å². The first-order valence-electron chi connectivity index (χ1n) is 12.0. The van der Waals surface area contributed by atoms with Crippen molar-refractivity contribution in [3.63, 3.8) is 0 Å². The molecule has 0 aliphatic carbocycles. The standard InChI is InChI=1S/C25H29ClN8O2S/c1-14(2)33-7-9-34(10-8-33)19-13-20(36-3)18(12-16(19)26)30-25-31-23-15(4-6-28-23)24(32-25)29-17-5-11-37-21(17)22(27)35/h4-6,11-14H,7-10H2,1-3H3,(H2,27,35)(H3,28,29,30,31,32). The summed E-state index contributed by atoms with van der Waals surface area (Å²) in [5.74, 6) is 0.991. The van der Waals surface area contributed by atoms with Gasteiger partial charge in [-0.25, -0.2) is 0 Å². The molecule has 1 saturated heterocycles. The van der Waals surface area contributed by atoms with Crippen LogP contribution in [0.4, 0.5) is 28.8 Å². The third-order valence-corrected chi connectivity index (χ3v) is 7.69. The Morgan fingerprint density at radius 2 is 1.95 bits per heavy atom. The normalized spacial score (nSPS) is 14.4. The van der Waals surface area contributed by atoms with Crippen molar-refractivity contribution in [3.8, 4) is 5.75 Å². The van der Waals surface area contributed by atoms with E-state index in [-0.39, 0.29) is 0 Å². The van der Waals surface area contributed by atoms with Gasteiger partial charge in [0.15, 0.2) is 0 Å². The molecule has 0 bridgehead atoms. The van der Waals surface area contributed by atoms with Gasteiger partial charge in [-0.1, -0.05) is 11.6 Å². The minimum Gasteiger partial charge on any atom is -0.494 e. The molecule has 1 aliphatic rings. The molecule has 0 spiro atoms. The number of rotatable bonds is 8. The van der Waals surface area contributed by atoms with Gasteiger partial charge in [0, 0.05) is 44.5 Å². The summed E-state index contributed by atoms with van der Waals surface area (Å²) in [7, 11) is 1.62. The molecule has 4 heterocycles. The number of nitrogens with zero attached hydrogens (tertiary/aromatic N) is 4. The van der Waals surface area contributed by atoms with E-state index in [2.05, 4.69) is 49.2 Å². The summed E-state index contributed by atoms with van der Waals surface area (Å²) in [5.41, 5.74) is 8.31. The average Bonchev–Trinajstić information content (AvgIpc) is 3.54. The van der Waals surface area contributed by atoms with Crippen LogP contribution in [-0.2, 0) is 0 Å². The van der Waals surface area contributed by atoms with Gasteiger partial charge in [-0.3, -0.25) is 9.69 Å². The molecule has 1 aliphatic heterocycles. The van der Waals surface area contributed by atoms with Crippen LogP contribution in [0.3, 0.4) is 0 Å². The molecule has 4 aromatic rings.